The van der Waals surface area contributed by atoms with E-state index in [2.05, 4.69) is 0 Å². The minimum Gasteiger partial charge on any atom is -0.394 e. The lowest BCUT2D eigenvalue weighted by Gasteiger charge is -2.39. The van der Waals surface area contributed by atoms with Crippen molar-refractivity contribution in [3.63, 3.8) is 0 Å². The summed E-state index contributed by atoms with van der Waals surface area (Å²) in [5.41, 5.74) is 0. The third kappa shape index (κ3) is 4.05. The molecule has 9 nitrogen and oxygen atoms in total. The Labute approximate surface area is 109 Å². The number of hydrogen-bond acceptors (Lipinski definition) is 9. The standard InChI is InChI=1S/C10H20O9/c11-1-4(13)5(14)3-18-10-9(17)8(16)7(15)6(2-12)19-10/h4-17H,1-3H2/t4-,5+,6?,7?,8?,9?,10?/m0/s1. The lowest BCUT2D eigenvalue weighted by atomic mass is 9.99. The molecule has 7 N–H and O–H groups in total. The van der Waals surface area contributed by atoms with Crippen LogP contribution in [0.4, 0.5) is 0 Å². The van der Waals surface area contributed by atoms with Crippen molar-refractivity contribution in [1.29, 1.82) is 0 Å². The van der Waals surface area contributed by atoms with Crippen molar-refractivity contribution in [2.24, 2.45) is 0 Å². The van der Waals surface area contributed by atoms with Crippen LogP contribution in [0.15, 0.2) is 0 Å². The monoisotopic (exact) mass is 284 g/mol. The van der Waals surface area contributed by atoms with Crippen molar-refractivity contribution >= 4 is 0 Å². The molecule has 1 fully saturated rings. The average molecular weight is 284 g/mol. The summed E-state index contributed by atoms with van der Waals surface area (Å²) in [5, 5.41) is 64.5. The van der Waals surface area contributed by atoms with Crippen LogP contribution in [0.2, 0.25) is 0 Å². The second kappa shape index (κ2) is 7.43. The molecule has 0 aromatic carbocycles. The molecule has 19 heavy (non-hydrogen) atoms. The third-order valence-corrected chi connectivity index (χ3v) is 2.91. The molecule has 7 atom stereocenters. The Morgan fingerprint density at radius 1 is 0.947 bits per heavy atom. The maximum absolute atomic E-state index is 9.59. The van der Waals surface area contributed by atoms with Crippen LogP contribution in [0, 0.1) is 0 Å². The summed E-state index contributed by atoms with van der Waals surface area (Å²) < 4.78 is 9.96. The number of ether oxygens (including phenoxy) is 2. The van der Waals surface area contributed by atoms with Crippen molar-refractivity contribution in [2.45, 2.75) is 42.9 Å². The fraction of sp³-hybridized carbons (Fsp3) is 1.00. The molecule has 0 aliphatic carbocycles. The molecule has 1 saturated heterocycles. The van der Waals surface area contributed by atoms with Gasteiger partial charge in [-0.1, -0.05) is 0 Å². The molecular weight excluding hydrogens is 264 g/mol. The summed E-state index contributed by atoms with van der Waals surface area (Å²) in [4.78, 5) is 0. The van der Waals surface area contributed by atoms with E-state index >= 15 is 0 Å². The Bertz CT molecular complexity index is 261. The van der Waals surface area contributed by atoms with E-state index in [0.29, 0.717) is 0 Å². The minimum atomic E-state index is -1.57. The van der Waals surface area contributed by atoms with Gasteiger partial charge in [0.1, 0.15) is 36.6 Å². The second-order valence-electron chi connectivity index (χ2n) is 4.35. The maximum Gasteiger partial charge on any atom is 0.186 e. The summed E-state index contributed by atoms with van der Waals surface area (Å²) in [6.07, 6.45) is -9.94. The quantitative estimate of drug-likeness (QED) is 0.255. The van der Waals surface area contributed by atoms with E-state index in [0.717, 1.165) is 0 Å². The lowest BCUT2D eigenvalue weighted by Crippen LogP contribution is -2.59. The van der Waals surface area contributed by atoms with Gasteiger partial charge < -0.3 is 45.2 Å². The van der Waals surface area contributed by atoms with Crippen molar-refractivity contribution < 1.29 is 45.2 Å². The van der Waals surface area contributed by atoms with Crippen molar-refractivity contribution in [2.75, 3.05) is 19.8 Å². The largest absolute Gasteiger partial charge is 0.394 e. The minimum absolute atomic E-state index is 0.468. The second-order valence-corrected chi connectivity index (χ2v) is 4.35. The number of rotatable bonds is 6. The summed E-state index contributed by atoms with van der Waals surface area (Å²) in [7, 11) is 0. The molecule has 114 valence electrons. The molecule has 0 spiro atoms. The molecule has 1 aliphatic rings. The molecule has 0 aromatic heterocycles. The maximum atomic E-state index is 9.59. The van der Waals surface area contributed by atoms with Gasteiger partial charge in [0.15, 0.2) is 6.29 Å². The first-order valence-corrected chi connectivity index (χ1v) is 5.81. The first-order valence-electron chi connectivity index (χ1n) is 5.81. The van der Waals surface area contributed by atoms with Crippen LogP contribution >= 0.6 is 0 Å². The van der Waals surface area contributed by atoms with Gasteiger partial charge in [0.25, 0.3) is 0 Å². The lowest BCUT2D eigenvalue weighted by molar-refractivity contribution is -0.306. The average Bonchev–Trinajstić information content (AvgIpc) is 2.42. The zero-order chi connectivity index (χ0) is 14.6. The van der Waals surface area contributed by atoms with Crippen LogP contribution in [0.5, 0.6) is 0 Å². The van der Waals surface area contributed by atoms with Gasteiger partial charge in [-0.3, -0.25) is 0 Å². The summed E-state index contributed by atoms with van der Waals surface area (Å²) in [6.45, 7) is -1.73. The van der Waals surface area contributed by atoms with E-state index in [-0.39, 0.29) is 0 Å². The van der Waals surface area contributed by atoms with Crippen molar-refractivity contribution in [3.05, 3.63) is 0 Å². The molecule has 5 unspecified atom stereocenters. The van der Waals surface area contributed by atoms with E-state index in [1.54, 1.807) is 0 Å². The molecule has 0 bridgehead atoms. The van der Waals surface area contributed by atoms with Gasteiger partial charge in [-0.25, -0.2) is 0 Å². The third-order valence-electron chi connectivity index (χ3n) is 2.91. The number of aliphatic hydroxyl groups is 7. The normalized spacial score (nSPS) is 39.0. The molecule has 1 heterocycles. The Hall–Kier alpha value is -0.360. The van der Waals surface area contributed by atoms with E-state index < -0.39 is 62.7 Å². The van der Waals surface area contributed by atoms with Crippen LogP contribution in [-0.2, 0) is 9.47 Å². The highest BCUT2D eigenvalue weighted by molar-refractivity contribution is 4.89. The highest BCUT2D eigenvalue weighted by Gasteiger charge is 2.44. The first kappa shape index (κ1) is 16.7. The zero-order valence-corrected chi connectivity index (χ0v) is 10.1. The van der Waals surface area contributed by atoms with Crippen LogP contribution in [-0.4, -0.2) is 98.5 Å². The van der Waals surface area contributed by atoms with E-state index in [9.17, 15) is 20.4 Å². The van der Waals surface area contributed by atoms with Crippen LogP contribution < -0.4 is 0 Å². The molecule has 9 heteroatoms. The summed E-state index contributed by atoms with van der Waals surface area (Å²) >= 11 is 0. The van der Waals surface area contributed by atoms with Crippen LogP contribution in [0.25, 0.3) is 0 Å². The molecule has 1 rings (SSSR count). The number of hydrogen-bond donors (Lipinski definition) is 7. The fourth-order valence-electron chi connectivity index (χ4n) is 1.63. The van der Waals surface area contributed by atoms with Crippen LogP contribution in [0.3, 0.4) is 0 Å². The highest BCUT2D eigenvalue weighted by Crippen LogP contribution is 2.22. The zero-order valence-electron chi connectivity index (χ0n) is 10.1. The fourth-order valence-corrected chi connectivity index (χ4v) is 1.63. The Morgan fingerprint density at radius 2 is 1.58 bits per heavy atom. The summed E-state index contributed by atoms with van der Waals surface area (Å²) in [6, 6.07) is 0. The first-order chi connectivity index (χ1) is 8.92. The van der Waals surface area contributed by atoms with Gasteiger partial charge in [-0.05, 0) is 0 Å². The SMILES string of the molecule is OCC1OC(OC[C@@H](O)[C@@H](O)CO)C(O)C(O)C1O. The van der Waals surface area contributed by atoms with Gasteiger partial charge in [0, 0.05) is 0 Å². The van der Waals surface area contributed by atoms with Crippen LogP contribution in [0.1, 0.15) is 0 Å². The van der Waals surface area contributed by atoms with Gasteiger partial charge in [-0.2, -0.15) is 0 Å². The molecular formula is C10H20O9. The number of aliphatic hydroxyl groups excluding tert-OH is 7. The van der Waals surface area contributed by atoms with Gasteiger partial charge >= 0.3 is 0 Å². The van der Waals surface area contributed by atoms with Gasteiger partial charge in [0.2, 0.25) is 0 Å². The Morgan fingerprint density at radius 3 is 2.11 bits per heavy atom. The van der Waals surface area contributed by atoms with E-state index in [1.807, 2.05) is 0 Å². The van der Waals surface area contributed by atoms with Crippen molar-refractivity contribution in [3.8, 4) is 0 Å². The highest BCUT2D eigenvalue weighted by atomic mass is 16.7. The Kier molecular flexibility index (Phi) is 6.53. The topological polar surface area (TPSA) is 160 Å². The predicted octanol–water partition coefficient (Wildman–Crippen LogP) is -4.48. The van der Waals surface area contributed by atoms with E-state index in [4.69, 9.17) is 24.8 Å². The molecule has 0 aromatic rings. The van der Waals surface area contributed by atoms with Crippen molar-refractivity contribution in [1.82, 2.24) is 0 Å². The van der Waals surface area contributed by atoms with Gasteiger partial charge in [0.05, 0.1) is 19.8 Å². The Balaban J connectivity index is 2.52. The van der Waals surface area contributed by atoms with E-state index in [1.165, 1.54) is 0 Å². The van der Waals surface area contributed by atoms with Gasteiger partial charge in [-0.15, -0.1) is 0 Å². The predicted molar refractivity (Wildman–Crippen MR) is 58.8 cm³/mol. The molecule has 0 saturated carbocycles. The molecule has 0 amide bonds. The summed E-state index contributed by atoms with van der Waals surface area (Å²) in [5.74, 6) is 0. The molecule has 1 aliphatic heterocycles. The molecule has 0 radical (unpaired) electrons. The smallest absolute Gasteiger partial charge is 0.186 e.